The second kappa shape index (κ2) is 5.44. The van der Waals surface area contributed by atoms with E-state index in [0.717, 1.165) is 13.1 Å². The molecule has 3 aliphatic heterocycles. The van der Waals surface area contributed by atoms with Crippen LogP contribution in [0.4, 0.5) is 0 Å². The van der Waals surface area contributed by atoms with E-state index in [1.807, 2.05) is 0 Å². The molecule has 1 N–H and O–H groups in total. The molecule has 0 aromatic carbocycles. The molecule has 0 aromatic rings. The average Bonchev–Trinajstić information content (AvgIpc) is 2.38. The van der Waals surface area contributed by atoms with Crippen LogP contribution in [0, 0.1) is 0 Å². The summed E-state index contributed by atoms with van der Waals surface area (Å²) < 4.78 is 11.2. The fraction of sp³-hybridized carbons (Fsp3) is 0.833. The summed E-state index contributed by atoms with van der Waals surface area (Å²) in [6.45, 7) is 4.35. The van der Waals surface area contributed by atoms with Crippen molar-refractivity contribution < 1.29 is 19.1 Å². The van der Waals surface area contributed by atoms with Crippen LogP contribution in [0.3, 0.4) is 0 Å². The molecule has 2 atom stereocenters. The van der Waals surface area contributed by atoms with Crippen molar-refractivity contribution in [1.29, 1.82) is 0 Å². The summed E-state index contributed by atoms with van der Waals surface area (Å²) >= 11 is 0. The lowest BCUT2D eigenvalue weighted by atomic mass is 10.2. The summed E-state index contributed by atoms with van der Waals surface area (Å²) in [4.78, 5) is 27.2. The van der Waals surface area contributed by atoms with Crippen molar-refractivity contribution in [3.63, 3.8) is 0 Å². The fourth-order valence-electron chi connectivity index (χ4n) is 2.80. The van der Waals surface area contributed by atoms with Crippen molar-refractivity contribution in [1.82, 2.24) is 15.1 Å². The number of carbonyl (C=O) groups is 2. The SMILES string of the molecule is O=C1CN(C(=O)CN2CC3COCC(C2)O3)CCN1. The maximum Gasteiger partial charge on any atom is 0.239 e. The number of nitrogens with one attached hydrogen (secondary N) is 1. The lowest BCUT2D eigenvalue weighted by Crippen LogP contribution is -2.57. The van der Waals surface area contributed by atoms with Gasteiger partial charge in [-0.05, 0) is 0 Å². The maximum absolute atomic E-state index is 12.2. The van der Waals surface area contributed by atoms with Gasteiger partial charge < -0.3 is 19.7 Å². The maximum atomic E-state index is 12.2. The standard InChI is InChI=1S/C12H19N3O4/c16-11-5-15(2-1-13-11)12(17)6-14-3-9-7-18-8-10(4-14)19-9/h9-10H,1-8H2,(H,13,16). The minimum atomic E-state index is -0.0770. The Labute approximate surface area is 111 Å². The predicted octanol–water partition coefficient (Wildman–Crippen LogP) is -1.96. The molecule has 3 saturated heterocycles. The van der Waals surface area contributed by atoms with Crippen LogP contribution in [0.15, 0.2) is 0 Å². The molecule has 106 valence electrons. The van der Waals surface area contributed by atoms with E-state index in [4.69, 9.17) is 9.47 Å². The topological polar surface area (TPSA) is 71.1 Å². The fourth-order valence-corrected chi connectivity index (χ4v) is 2.80. The number of carbonyl (C=O) groups excluding carboxylic acids is 2. The highest BCUT2D eigenvalue weighted by atomic mass is 16.6. The van der Waals surface area contributed by atoms with Gasteiger partial charge in [0.25, 0.3) is 0 Å². The van der Waals surface area contributed by atoms with E-state index in [1.54, 1.807) is 4.90 Å². The molecule has 2 bridgehead atoms. The highest BCUT2D eigenvalue weighted by molar-refractivity contribution is 5.86. The zero-order chi connectivity index (χ0) is 13.2. The Hall–Kier alpha value is -1.18. The van der Waals surface area contributed by atoms with Crippen molar-refractivity contribution in [2.75, 3.05) is 52.5 Å². The van der Waals surface area contributed by atoms with Crippen LogP contribution in [0.2, 0.25) is 0 Å². The largest absolute Gasteiger partial charge is 0.376 e. The summed E-state index contributed by atoms with van der Waals surface area (Å²) in [7, 11) is 0. The van der Waals surface area contributed by atoms with E-state index in [-0.39, 0.29) is 30.6 Å². The van der Waals surface area contributed by atoms with Gasteiger partial charge in [0.2, 0.25) is 11.8 Å². The number of hydrogen-bond acceptors (Lipinski definition) is 5. The Balaban J connectivity index is 1.53. The van der Waals surface area contributed by atoms with Gasteiger partial charge in [-0.25, -0.2) is 0 Å². The highest BCUT2D eigenvalue weighted by Crippen LogP contribution is 2.16. The molecule has 7 heteroatoms. The average molecular weight is 269 g/mol. The number of nitrogens with zero attached hydrogens (tertiary/aromatic N) is 2. The van der Waals surface area contributed by atoms with E-state index in [1.165, 1.54) is 0 Å². The molecule has 7 nitrogen and oxygen atoms in total. The first kappa shape index (κ1) is 12.8. The molecule has 2 unspecified atom stereocenters. The van der Waals surface area contributed by atoms with E-state index in [9.17, 15) is 9.59 Å². The summed E-state index contributed by atoms with van der Waals surface area (Å²) in [5.41, 5.74) is 0. The Bertz CT molecular complexity index is 364. The minimum absolute atomic E-state index is 0.0238. The molecule has 0 radical (unpaired) electrons. The van der Waals surface area contributed by atoms with Crippen LogP contribution in [0.5, 0.6) is 0 Å². The lowest BCUT2D eigenvalue weighted by Gasteiger charge is -2.41. The predicted molar refractivity (Wildman–Crippen MR) is 65.5 cm³/mol. The molecule has 3 aliphatic rings. The van der Waals surface area contributed by atoms with E-state index in [0.29, 0.717) is 32.8 Å². The van der Waals surface area contributed by atoms with Crippen LogP contribution in [0.1, 0.15) is 0 Å². The third-order valence-electron chi connectivity index (χ3n) is 3.67. The van der Waals surface area contributed by atoms with Gasteiger partial charge in [0, 0.05) is 26.2 Å². The smallest absolute Gasteiger partial charge is 0.239 e. The monoisotopic (exact) mass is 269 g/mol. The van der Waals surface area contributed by atoms with Gasteiger partial charge in [-0.2, -0.15) is 0 Å². The molecule has 0 aromatic heterocycles. The third kappa shape index (κ3) is 3.05. The van der Waals surface area contributed by atoms with Gasteiger partial charge in [-0.1, -0.05) is 0 Å². The molecular weight excluding hydrogens is 250 g/mol. The number of ether oxygens (including phenoxy) is 2. The summed E-state index contributed by atoms with van der Waals surface area (Å²) in [6.07, 6.45) is 0.148. The first-order valence-corrected chi connectivity index (χ1v) is 6.71. The number of morpholine rings is 1. The number of fused-ring (bicyclic) bond motifs is 2. The molecular formula is C12H19N3O4. The Kier molecular flexibility index (Phi) is 3.67. The second-order valence-electron chi connectivity index (χ2n) is 5.28. The molecule has 3 heterocycles. The Morgan fingerprint density at radius 3 is 2.74 bits per heavy atom. The lowest BCUT2D eigenvalue weighted by molar-refractivity contribution is -0.181. The zero-order valence-electron chi connectivity index (χ0n) is 10.8. The Morgan fingerprint density at radius 1 is 1.32 bits per heavy atom. The minimum Gasteiger partial charge on any atom is -0.376 e. The van der Waals surface area contributed by atoms with E-state index in [2.05, 4.69) is 10.2 Å². The van der Waals surface area contributed by atoms with Gasteiger partial charge >= 0.3 is 0 Å². The quantitative estimate of drug-likeness (QED) is 0.630. The molecule has 3 rings (SSSR count). The van der Waals surface area contributed by atoms with Crippen LogP contribution in [-0.4, -0.2) is 86.3 Å². The van der Waals surface area contributed by atoms with Crippen LogP contribution >= 0.6 is 0 Å². The van der Waals surface area contributed by atoms with Gasteiger partial charge in [0.15, 0.2) is 0 Å². The van der Waals surface area contributed by atoms with E-state index < -0.39 is 0 Å². The van der Waals surface area contributed by atoms with Crippen LogP contribution in [-0.2, 0) is 19.1 Å². The van der Waals surface area contributed by atoms with Crippen molar-refractivity contribution in [3.05, 3.63) is 0 Å². The van der Waals surface area contributed by atoms with Crippen molar-refractivity contribution in [2.45, 2.75) is 12.2 Å². The number of amides is 2. The van der Waals surface area contributed by atoms with Gasteiger partial charge in [0.1, 0.15) is 0 Å². The summed E-state index contributed by atoms with van der Waals surface area (Å²) in [6, 6.07) is 0. The summed E-state index contributed by atoms with van der Waals surface area (Å²) in [5, 5.41) is 2.72. The van der Waals surface area contributed by atoms with Crippen molar-refractivity contribution in [3.8, 4) is 0 Å². The van der Waals surface area contributed by atoms with Gasteiger partial charge in [0.05, 0.1) is 38.5 Å². The highest BCUT2D eigenvalue weighted by Gasteiger charge is 2.33. The third-order valence-corrected chi connectivity index (χ3v) is 3.67. The van der Waals surface area contributed by atoms with Crippen molar-refractivity contribution >= 4 is 11.8 Å². The molecule has 0 saturated carbocycles. The second-order valence-corrected chi connectivity index (χ2v) is 5.28. The molecule has 0 aliphatic carbocycles. The normalized spacial score (nSPS) is 32.0. The molecule has 19 heavy (non-hydrogen) atoms. The van der Waals surface area contributed by atoms with E-state index >= 15 is 0 Å². The first-order valence-electron chi connectivity index (χ1n) is 6.71. The first-order chi connectivity index (χ1) is 9.20. The number of hydrogen-bond donors (Lipinski definition) is 1. The van der Waals surface area contributed by atoms with Crippen molar-refractivity contribution in [2.24, 2.45) is 0 Å². The van der Waals surface area contributed by atoms with Gasteiger partial charge in [-0.15, -0.1) is 0 Å². The number of piperazine rings is 1. The zero-order valence-corrected chi connectivity index (χ0v) is 10.8. The Morgan fingerprint density at radius 2 is 2.05 bits per heavy atom. The number of rotatable bonds is 2. The molecule has 3 fully saturated rings. The molecule has 0 spiro atoms. The van der Waals surface area contributed by atoms with Crippen LogP contribution in [0.25, 0.3) is 0 Å². The summed E-state index contributed by atoms with van der Waals surface area (Å²) in [5.74, 6) is -0.0532. The molecule has 2 amide bonds. The van der Waals surface area contributed by atoms with Gasteiger partial charge in [-0.3, -0.25) is 14.5 Å². The van der Waals surface area contributed by atoms with Crippen LogP contribution < -0.4 is 5.32 Å².